The van der Waals surface area contributed by atoms with Crippen molar-refractivity contribution in [1.29, 1.82) is 0 Å². The lowest BCUT2D eigenvalue weighted by molar-refractivity contribution is 0.349. The van der Waals surface area contributed by atoms with Gasteiger partial charge in [-0.15, -0.1) is 0 Å². The molecule has 0 bridgehead atoms. The lowest BCUT2D eigenvalue weighted by atomic mass is 9.82. The standard InChI is InChI=1S/C65H62N2/c1-43-17-29-54(30-18-43)67-62-37-27-50(48-21-19-45(20-22-48)44(2)42-64(3,4)5)39-58(62)59-40-51(28-38-63(59)67)49-25-33-53(34-26-49)66(52-31-23-47(24-32-52)46-13-9-8-10-14-46)55-35-36-57-56-15-11-12-16-60(56)65(6,7)61(57)41-55/h8-17,19-27,29-37,39-41,43-44H,18,28,38,42H2,1-7H3. The third-order valence-corrected chi connectivity index (χ3v) is 14.9. The van der Waals surface area contributed by atoms with E-state index in [1.165, 1.54) is 101 Å². The van der Waals surface area contributed by atoms with E-state index in [0.717, 1.165) is 30.6 Å². The van der Waals surface area contributed by atoms with Crippen LogP contribution in [0.2, 0.25) is 0 Å². The van der Waals surface area contributed by atoms with Crippen LogP contribution in [0.15, 0.2) is 182 Å². The van der Waals surface area contributed by atoms with Crippen molar-refractivity contribution in [3.05, 3.63) is 216 Å². The number of hydrogen-bond acceptors (Lipinski definition) is 1. The Morgan fingerprint density at radius 1 is 0.627 bits per heavy atom. The average molecular weight is 871 g/mol. The molecule has 332 valence electrons. The van der Waals surface area contributed by atoms with Gasteiger partial charge in [0.1, 0.15) is 0 Å². The van der Waals surface area contributed by atoms with E-state index in [9.17, 15) is 0 Å². The zero-order valence-electron chi connectivity index (χ0n) is 40.3. The molecule has 11 rings (SSSR count). The first-order valence-electron chi connectivity index (χ1n) is 24.6. The predicted octanol–water partition coefficient (Wildman–Crippen LogP) is 18.2. The van der Waals surface area contributed by atoms with Crippen LogP contribution in [0.4, 0.5) is 17.1 Å². The molecule has 2 atom stereocenters. The number of anilines is 3. The maximum atomic E-state index is 2.56. The fraction of sp³-hybridized carbons (Fsp3) is 0.231. The number of nitrogens with zero attached hydrogens (tertiary/aromatic N) is 2. The van der Waals surface area contributed by atoms with Gasteiger partial charge in [-0.1, -0.05) is 176 Å². The van der Waals surface area contributed by atoms with Gasteiger partial charge in [-0.05, 0) is 165 Å². The molecular weight excluding hydrogens is 809 g/mol. The third-order valence-electron chi connectivity index (χ3n) is 14.9. The van der Waals surface area contributed by atoms with E-state index in [-0.39, 0.29) is 5.41 Å². The highest BCUT2D eigenvalue weighted by molar-refractivity contribution is 6.02. The highest BCUT2D eigenvalue weighted by Crippen LogP contribution is 2.51. The van der Waals surface area contributed by atoms with Gasteiger partial charge in [-0.25, -0.2) is 0 Å². The lowest BCUT2D eigenvalue weighted by Gasteiger charge is -2.28. The minimum Gasteiger partial charge on any atom is -0.313 e. The summed E-state index contributed by atoms with van der Waals surface area (Å²) >= 11 is 0. The molecule has 0 amide bonds. The van der Waals surface area contributed by atoms with Gasteiger partial charge >= 0.3 is 0 Å². The van der Waals surface area contributed by atoms with Crippen molar-refractivity contribution in [1.82, 2.24) is 4.57 Å². The molecule has 67 heavy (non-hydrogen) atoms. The van der Waals surface area contributed by atoms with E-state index in [0.29, 0.717) is 17.3 Å². The fourth-order valence-electron chi connectivity index (χ4n) is 11.4. The van der Waals surface area contributed by atoms with Gasteiger partial charge in [0.05, 0.1) is 5.52 Å². The molecule has 3 aliphatic rings. The molecule has 0 fully saturated rings. The maximum absolute atomic E-state index is 2.56. The summed E-state index contributed by atoms with van der Waals surface area (Å²) in [5.41, 5.74) is 23.5. The van der Waals surface area contributed by atoms with Crippen LogP contribution in [0, 0.1) is 11.3 Å². The molecule has 0 spiro atoms. The van der Waals surface area contributed by atoms with Crippen LogP contribution in [0.1, 0.15) is 107 Å². The number of hydrogen-bond donors (Lipinski definition) is 0. The molecule has 0 saturated heterocycles. The first-order chi connectivity index (χ1) is 32.4. The van der Waals surface area contributed by atoms with Crippen LogP contribution >= 0.6 is 0 Å². The van der Waals surface area contributed by atoms with Crippen molar-refractivity contribution >= 4 is 45.3 Å². The SMILES string of the molecule is CC1C=CC(n2c3c(c4cc(-c5ccc(C(C)CC(C)(C)C)cc5)ccc42)C=C(c2ccc(N(c4ccc(-c5ccccc5)cc4)c4ccc5c(c4)C(C)(C)c4ccccc4-5)cc2)CC3)=CC1. The van der Waals surface area contributed by atoms with Crippen molar-refractivity contribution in [3.8, 4) is 33.4 Å². The van der Waals surface area contributed by atoms with Crippen LogP contribution in [0.5, 0.6) is 0 Å². The van der Waals surface area contributed by atoms with E-state index in [1.54, 1.807) is 0 Å². The summed E-state index contributed by atoms with van der Waals surface area (Å²) in [6.07, 6.45) is 13.9. The molecule has 1 aromatic heterocycles. The van der Waals surface area contributed by atoms with Gasteiger partial charge < -0.3 is 9.47 Å². The Morgan fingerprint density at radius 3 is 1.94 bits per heavy atom. The van der Waals surface area contributed by atoms with Crippen molar-refractivity contribution in [2.24, 2.45) is 11.3 Å². The highest BCUT2D eigenvalue weighted by Gasteiger charge is 2.36. The Balaban J connectivity index is 0.972. The maximum Gasteiger partial charge on any atom is 0.0538 e. The van der Waals surface area contributed by atoms with Gasteiger partial charge in [-0.2, -0.15) is 0 Å². The smallest absolute Gasteiger partial charge is 0.0538 e. The summed E-state index contributed by atoms with van der Waals surface area (Å²) in [5.74, 6) is 1.09. The largest absolute Gasteiger partial charge is 0.313 e. The monoisotopic (exact) mass is 870 g/mol. The number of aromatic nitrogens is 1. The summed E-state index contributed by atoms with van der Waals surface area (Å²) in [6.45, 7) is 16.4. The molecule has 0 N–H and O–H groups in total. The number of fused-ring (bicyclic) bond motifs is 6. The predicted molar refractivity (Wildman–Crippen MR) is 287 cm³/mol. The highest BCUT2D eigenvalue weighted by atomic mass is 15.1. The molecule has 0 radical (unpaired) electrons. The zero-order valence-corrected chi connectivity index (χ0v) is 40.3. The second-order valence-corrected chi connectivity index (χ2v) is 21.3. The molecule has 2 unspecified atom stereocenters. The molecule has 2 nitrogen and oxygen atoms in total. The quantitative estimate of drug-likeness (QED) is 0.140. The van der Waals surface area contributed by atoms with Crippen molar-refractivity contribution in [2.75, 3.05) is 4.90 Å². The van der Waals surface area contributed by atoms with E-state index in [4.69, 9.17) is 0 Å². The van der Waals surface area contributed by atoms with Crippen molar-refractivity contribution in [2.45, 2.75) is 85.5 Å². The van der Waals surface area contributed by atoms with Crippen molar-refractivity contribution < 1.29 is 0 Å². The Hall–Kier alpha value is -6.90. The Labute approximate surface area is 398 Å². The van der Waals surface area contributed by atoms with E-state index < -0.39 is 0 Å². The lowest BCUT2D eigenvalue weighted by Crippen LogP contribution is -2.16. The van der Waals surface area contributed by atoms with Crippen molar-refractivity contribution in [3.63, 3.8) is 0 Å². The van der Waals surface area contributed by atoms with E-state index in [1.807, 2.05) is 0 Å². The Bertz CT molecular complexity index is 3240. The van der Waals surface area contributed by atoms with Gasteiger partial charge in [0.25, 0.3) is 0 Å². The zero-order chi connectivity index (χ0) is 46.0. The summed E-state index contributed by atoms with van der Waals surface area (Å²) in [7, 11) is 0. The molecule has 0 saturated carbocycles. The topological polar surface area (TPSA) is 8.17 Å². The molecular formula is C65H62N2. The van der Waals surface area contributed by atoms with Gasteiger partial charge in [0, 0.05) is 44.8 Å². The van der Waals surface area contributed by atoms with Crippen LogP contribution in [-0.2, 0) is 11.8 Å². The van der Waals surface area contributed by atoms with Crippen LogP contribution in [-0.4, -0.2) is 4.57 Å². The molecule has 3 aliphatic carbocycles. The summed E-state index contributed by atoms with van der Waals surface area (Å²) in [4.78, 5) is 2.43. The molecule has 2 heteroatoms. The Kier molecular flexibility index (Phi) is 10.7. The average Bonchev–Trinajstić information content (AvgIpc) is 3.79. The van der Waals surface area contributed by atoms with Crippen LogP contribution < -0.4 is 4.90 Å². The molecule has 7 aromatic carbocycles. The first-order valence-corrected chi connectivity index (χ1v) is 24.6. The normalized spacial score (nSPS) is 16.5. The molecule has 0 aliphatic heterocycles. The van der Waals surface area contributed by atoms with Crippen LogP contribution in [0.3, 0.4) is 0 Å². The minimum atomic E-state index is -0.0949. The summed E-state index contributed by atoms with van der Waals surface area (Å²) in [5, 5.41) is 1.33. The first kappa shape index (κ1) is 42.7. The fourth-order valence-corrected chi connectivity index (χ4v) is 11.4. The van der Waals surface area contributed by atoms with E-state index >= 15 is 0 Å². The third kappa shape index (κ3) is 7.91. The minimum absolute atomic E-state index is 0.0949. The van der Waals surface area contributed by atoms with Gasteiger partial charge in [0.15, 0.2) is 0 Å². The number of benzene rings is 7. The van der Waals surface area contributed by atoms with Gasteiger partial charge in [0.2, 0.25) is 0 Å². The number of allylic oxidation sites excluding steroid dienone is 5. The van der Waals surface area contributed by atoms with Crippen LogP contribution in [0.25, 0.3) is 61.6 Å². The van der Waals surface area contributed by atoms with Gasteiger partial charge in [-0.3, -0.25) is 0 Å². The summed E-state index contributed by atoms with van der Waals surface area (Å²) < 4.78 is 2.56. The number of rotatable bonds is 9. The second kappa shape index (κ2) is 16.8. The molecule has 1 heterocycles. The second-order valence-electron chi connectivity index (χ2n) is 21.3. The van der Waals surface area contributed by atoms with E-state index in [2.05, 4.69) is 246 Å². The Morgan fingerprint density at radius 2 is 1.24 bits per heavy atom. The summed E-state index contributed by atoms with van der Waals surface area (Å²) in [6, 6.07) is 61.6. The molecule has 8 aromatic rings.